The van der Waals surface area contributed by atoms with Gasteiger partial charge in [0.05, 0.1) is 13.2 Å². The third-order valence-electron chi connectivity index (χ3n) is 3.18. The molecule has 2 rings (SSSR count). The van der Waals surface area contributed by atoms with Crippen LogP contribution in [0.2, 0.25) is 0 Å². The SMILES string of the molecule is CC1(C)OCC(C)(C(=O)OCc2ccccc2)CO1. The molecule has 0 amide bonds. The molecule has 0 spiro atoms. The maximum Gasteiger partial charge on any atom is 0.316 e. The van der Waals surface area contributed by atoms with Crippen LogP contribution in [0.15, 0.2) is 30.3 Å². The topological polar surface area (TPSA) is 44.8 Å². The van der Waals surface area contributed by atoms with Crippen LogP contribution >= 0.6 is 0 Å². The van der Waals surface area contributed by atoms with Gasteiger partial charge in [0.2, 0.25) is 0 Å². The van der Waals surface area contributed by atoms with Crippen LogP contribution in [0.1, 0.15) is 26.3 Å². The van der Waals surface area contributed by atoms with Crippen molar-refractivity contribution in [2.45, 2.75) is 33.2 Å². The molecule has 0 aromatic heterocycles. The summed E-state index contributed by atoms with van der Waals surface area (Å²) in [7, 11) is 0. The van der Waals surface area contributed by atoms with Gasteiger partial charge in [-0.3, -0.25) is 4.79 Å². The van der Waals surface area contributed by atoms with E-state index in [9.17, 15) is 4.79 Å². The van der Waals surface area contributed by atoms with Gasteiger partial charge in [-0.25, -0.2) is 0 Å². The van der Waals surface area contributed by atoms with E-state index in [1.54, 1.807) is 6.92 Å². The molecule has 0 aliphatic carbocycles. The molecular weight excluding hydrogens is 244 g/mol. The molecule has 0 bridgehead atoms. The minimum atomic E-state index is -0.732. The largest absolute Gasteiger partial charge is 0.460 e. The molecule has 0 unspecified atom stereocenters. The Bertz CT molecular complexity index is 429. The van der Waals surface area contributed by atoms with Crippen molar-refractivity contribution in [3.63, 3.8) is 0 Å². The molecule has 1 aromatic carbocycles. The van der Waals surface area contributed by atoms with E-state index in [1.165, 1.54) is 0 Å². The lowest BCUT2D eigenvalue weighted by atomic mass is 9.92. The van der Waals surface area contributed by atoms with Gasteiger partial charge in [0, 0.05) is 0 Å². The zero-order chi connectivity index (χ0) is 13.9. The molecule has 1 aliphatic rings. The summed E-state index contributed by atoms with van der Waals surface area (Å²) in [6.45, 7) is 6.37. The number of esters is 1. The first-order valence-electron chi connectivity index (χ1n) is 6.40. The van der Waals surface area contributed by atoms with E-state index in [0.717, 1.165) is 5.56 Å². The molecule has 0 atom stereocenters. The molecule has 1 fully saturated rings. The predicted octanol–water partition coefficient (Wildman–Crippen LogP) is 2.52. The predicted molar refractivity (Wildman–Crippen MR) is 70.3 cm³/mol. The molecule has 0 N–H and O–H groups in total. The number of carbonyl (C=O) groups excluding carboxylic acids is 1. The average molecular weight is 264 g/mol. The quantitative estimate of drug-likeness (QED) is 0.787. The van der Waals surface area contributed by atoms with Crippen molar-refractivity contribution in [1.29, 1.82) is 0 Å². The van der Waals surface area contributed by atoms with Crippen LogP contribution in [-0.4, -0.2) is 25.0 Å². The zero-order valence-electron chi connectivity index (χ0n) is 11.6. The molecule has 1 aromatic rings. The Hall–Kier alpha value is -1.39. The lowest BCUT2D eigenvalue weighted by molar-refractivity contribution is -0.281. The van der Waals surface area contributed by atoms with Crippen LogP contribution in [0.3, 0.4) is 0 Å². The third kappa shape index (κ3) is 3.55. The second-order valence-electron chi connectivity index (χ2n) is 5.60. The molecule has 1 saturated heterocycles. The molecule has 104 valence electrons. The summed E-state index contributed by atoms with van der Waals surface area (Å²) in [5.41, 5.74) is 0.238. The van der Waals surface area contributed by atoms with E-state index in [2.05, 4.69) is 0 Å². The molecular formula is C15H20O4. The molecule has 1 aliphatic heterocycles. The van der Waals surface area contributed by atoms with E-state index in [-0.39, 0.29) is 12.6 Å². The smallest absolute Gasteiger partial charge is 0.316 e. The summed E-state index contributed by atoms with van der Waals surface area (Å²) in [6, 6.07) is 9.61. The lowest BCUT2D eigenvalue weighted by Crippen LogP contribution is -2.49. The Kier molecular flexibility index (Phi) is 3.92. The van der Waals surface area contributed by atoms with Crippen LogP contribution in [0.4, 0.5) is 0 Å². The Morgan fingerprint density at radius 3 is 2.32 bits per heavy atom. The fourth-order valence-electron chi connectivity index (χ4n) is 1.76. The van der Waals surface area contributed by atoms with Crippen molar-refractivity contribution < 1.29 is 19.0 Å². The van der Waals surface area contributed by atoms with Crippen LogP contribution < -0.4 is 0 Å². The number of rotatable bonds is 3. The van der Waals surface area contributed by atoms with Gasteiger partial charge in [0.1, 0.15) is 12.0 Å². The Labute approximate surface area is 113 Å². The maximum atomic E-state index is 12.1. The Morgan fingerprint density at radius 2 is 1.74 bits per heavy atom. The van der Waals surface area contributed by atoms with Crippen LogP contribution in [0.5, 0.6) is 0 Å². The number of benzene rings is 1. The van der Waals surface area contributed by atoms with Crippen LogP contribution in [0, 0.1) is 5.41 Å². The van der Waals surface area contributed by atoms with E-state index in [1.807, 2.05) is 44.2 Å². The summed E-state index contributed by atoms with van der Waals surface area (Å²) >= 11 is 0. The highest BCUT2D eigenvalue weighted by Gasteiger charge is 2.43. The van der Waals surface area contributed by atoms with Crippen LogP contribution in [0.25, 0.3) is 0 Å². The minimum Gasteiger partial charge on any atom is -0.460 e. The van der Waals surface area contributed by atoms with Gasteiger partial charge < -0.3 is 14.2 Å². The van der Waals surface area contributed by atoms with Gasteiger partial charge in [-0.15, -0.1) is 0 Å². The van der Waals surface area contributed by atoms with Crippen molar-refractivity contribution in [2.24, 2.45) is 5.41 Å². The zero-order valence-corrected chi connectivity index (χ0v) is 11.6. The summed E-state index contributed by atoms with van der Waals surface area (Å²) < 4.78 is 16.4. The maximum absolute atomic E-state index is 12.1. The first kappa shape index (κ1) is 14.0. The van der Waals surface area contributed by atoms with E-state index < -0.39 is 11.2 Å². The summed E-state index contributed by atoms with van der Waals surface area (Å²) in [6.07, 6.45) is 0. The molecule has 0 radical (unpaired) electrons. The molecule has 4 nitrogen and oxygen atoms in total. The number of ether oxygens (including phenoxy) is 3. The monoisotopic (exact) mass is 264 g/mol. The second-order valence-corrected chi connectivity index (χ2v) is 5.60. The van der Waals surface area contributed by atoms with Crippen molar-refractivity contribution in [3.05, 3.63) is 35.9 Å². The molecule has 19 heavy (non-hydrogen) atoms. The van der Waals surface area contributed by atoms with Crippen molar-refractivity contribution >= 4 is 5.97 Å². The Morgan fingerprint density at radius 1 is 1.16 bits per heavy atom. The standard InChI is InChI=1S/C15H20O4/c1-14(2)18-10-15(3,11-19-14)13(16)17-9-12-7-5-4-6-8-12/h4-8H,9-11H2,1-3H3. The molecule has 0 saturated carbocycles. The third-order valence-corrected chi connectivity index (χ3v) is 3.18. The van der Waals surface area contributed by atoms with E-state index >= 15 is 0 Å². The molecule has 4 heteroatoms. The first-order chi connectivity index (χ1) is 8.91. The molecule has 1 heterocycles. The summed E-state index contributed by atoms with van der Waals surface area (Å²) in [4.78, 5) is 12.1. The van der Waals surface area contributed by atoms with Gasteiger partial charge in [0.15, 0.2) is 5.79 Å². The minimum absolute atomic E-state index is 0.276. The normalized spacial score (nSPS) is 20.8. The number of hydrogen-bond acceptors (Lipinski definition) is 4. The van der Waals surface area contributed by atoms with Gasteiger partial charge in [-0.1, -0.05) is 30.3 Å². The van der Waals surface area contributed by atoms with Gasteiger partial charge in [-0.2, -0.15) is 0 Å². The summed E-state index contributed by atoms with van der Waals surface area (Å²) in [5.74, 6) is -0.911. The Balaban J connectivity index is 1.90. The van der Waals surface area contributed by atoms with E-state index in [4.69, 9.17) is 14.2 Å². The van der Waals surface area contributed by atoms with Crippen LogP contribution in [-0.2, 0) is 25.6 Å². The highest BCUT2D eigenvalue weighted by molar-refractivity contribution is 5.76. The van der Waals surface area contributed by atoms with Crippen molar-refractivity contribution in [3.8, 4) is 0 Å². The average Bonchev–Trinajstić information content (AvgIpc) is 2.41. The van der Waals surface area contributed by atoms with Gasteiger partial charge in [-0.05, 0) is 26.3 Å². The highest BCUT2D eigenvalue weighted by atomic mass is 16.7. The van der Waals surface area contributed by atoms with Crippen molar-refractivity contribution in [2.75, 3.05) is 13.2 Å². The van der Waals surface area contributed by atoms with Crippen molar-refractivity contribution in [1.82, 2.24) is 0 Å². The fourth-order valence-corrected chi connectivity index (χ4v) is 1.76. The summed E-state index contributed by atoms with van der Waals surface area (Å²) in [5, 5.41) is 0. The number of hydrogen-bond donors (Lipinski definition) is 0. The lowest BCUT2D eigenvalue weighted by Gasteiger charge is -2.39. The highest BCUT2D eigenvalue weighted by Crippen LogP contribution is 2.30. The van der Waals surface area contributed by atoms with Gasteiger partial charge in [0.25, 0.3) is 0 Å². The first-order valence-corrected chi connectivity index (χ1v) is 6.40. The fraction of sp³-hybridized carbons (Fsp3) is 0.533. The second kappa shape index (κ2) is 5.31. The van der Waals surface area contributed by atoms with E-state index in [0.29, 0.717) is 13.2 Å². The number of carbonyl (C=O) groups is 1. The van der Waals surface area contributed by atoms with Gasteiger partial charge >= 0.3 is 5.97 Å².